The minimum atomic E-state index is 0.305. The van der Waals surface area contributed by atoms with Crippen molar-refractivity contribution in [3.63, 3.8) is 0 Å². The van der Waals surface area contributed by atoms with E-state index in [9.17, 15) is 0 Å². The van der Waals surface area contributed by atoms with E-state index in [0.717, 1.165) is 6.42 Å². The monoisotopic (exact) mass is 183 g/mol. The summed E-state index contributed by atoms with van der Waals surface area (Å²) in [5.41, 5.74) is 7.35. The molecule has 0 bridgehead atoms. The summed E-state index contributed by atoms with van der Waals surface area (Å²) in [6.07, 6.45) is 1.02. The highest BCUT2D eigenvalue weighted by atomic mass is 32.1. The van der Waals surface area contributed by atoms with Gasteiger partial charge in [0.05, 0.1) is 0 Å². The van der Waals surface area contributed by atoms with Gasteiger partial charge in [0.15, 0.2) is 0 Å². The standard InChI is InChI=1S/C10H17NS/c1-7(2)10(11)5-9-4-8(3)12-6-9/h4,6-7,10H,5,11H2,1-3H3. The van der Waals surface area contributed by atoms with Gasteiger partial charge in [0.2, 0.25) is 0 Å². The lowest BCUT2D eigenvalue weighted by atomic mass is 9.99. The van der Waals surface area contributed by atoms with E-state index in [1.165, 1.54) is 10.4 Å². The third-order valence-corrected chi connectivity index (χ3v) is 3.02. The van der Waals surface area contributed by atoms with Crippen molar-refractivity contribution in [1.29, 1.82) is 0 Å². The van der Waals surface area contributed by atoms with E-state index in [1.807, 2.05) is 0 Å². The minimum Gasteiger partial charge on any atom is -0.327 e. The first kappa shape index (κ1) is 9.75. The van der Waals surface area contributed by atoms with Crippen LogP contribution in [0.25, 0.3) is 0 Å². The third-order valence-electron chi connectivity index (χ3n) is 2.11. The predicted octanol–water partition coefficient (Wildman–Crippen LogP) is 2.58. The fourth-order valence-electron chi connectivity index (χ4n) is 1.11. The molecule has 0 aromatic carbocycles. The SMILES string of the molecule is Cc1cc(CC(N)C(C)C)cs1. The van der Waals surface area contributed by atoms with Gasteiger partial charge in [-0.3, -0.25) is 0 Å². The van der Waals surface area contributed by atoms with Crippen molar-refractivity contribution in [1.82, 2.24) is 0 Å². The van der Waals surface area contributed by atoms with Crippen molar-refractivity contribution in [3.8, 4) is 0 Å². The summed E-state index contributed by atoms with van der Waals surface area (Å²) < 4.78 is 0. The normalized spacial score (nSPS) is 13.8. The molecule has 0 fully saturated rings. The summed E-state index contributed by atoms with van der Waals surface area (Å²) in [6, 6.07) is 2.53. The second-order valence-electron chi connectivity index (χ2n) is 3.68. The Morgan fingerprint density at radius 2 is 2.17 bits per heavy atom. The van der Waals surface area contributed by atoms with Gasteiger partial charge in [-0.05, 0) is 36.3 Å². The third kappa shape index (κ3) is 2.61. The maximum atomic E-state index is 5.96. The van der Waals surface area contributed by atoms with E-state index >= 15 is 0 Å². The maximum Gasteiger partial charge on any atom is 0.0103 e. The fraction of sp³-hybridized carbons (Fsp3) is 0.600. The van der Waals surface area contributed by atoms with E-state index in [0.29, 0.717) is 12.0 Å². The van der Waals surface area contributed by atoms with Gasteiger partial charge in [0.25, 0.3) is 0 Å². The average Bonchev–Trinajstić information content (AvgIpc) is 2.35. The molecule has 0 aliphatic heterocycles. The Labute approximate surface area is 78.6 Å². The lowest BCUT2D eigenvalue weighted by molar-refractivity contribution is 0.491. The van der Waals surface area contributed by atoms with Gasteiger partial charge in [-0.2, -0.15) is 0 Å². The van der Waals surface area contributed by atoms with Crippen molar-refractivity contribution in [2.24, 2.45) is 11.7 Å². The van der Waals surface area contributed by atoms with Gasteiger partial charge < -0.3 is 5.73 Å². The first-order chi connectivity index (χ1) is 5.59. The Morgan fingerprint density at radius 3 is 2.58 bits per heavy atom. The molecule has 1 aromatic rings. The zero-order valence-electron chi connectivity index (χ0n) is 8.00. The van der Waals surface area contributed by atoms with Crippen LogP contribution < -0.4 is 5.73 Å². The molecule has 1 atom stereocenters. The number of thiophene rings is 1. The minimum absolute atomic E-state index is 0.305. The van der Waals surface area contributed by atoms with Gasteiger partial charge in [0.1, 0.15) is 0 Å². The maximum absolute atomic E-state index is 5.96. The molecular formula is C10H17NS. The Bertz CT molecular complexity index is 240. The Balaban J connectivity index is 2.52. The van der Waals surface area contributed by atoms with Crippen LogP contribution in [0.4, 0.5) is 0 Å². The van der Waals surface area contributed by atoms with E-state index in [2.05, 4.69) is 32.2 Å². The van der Waals surface area contributed by atoms with Gasteiger partial charge in [-0.1, -0.05) is 13.8 Å². The van der Waals surface area contributed by atoms with Gasteiger partial charge in [-0.25, -0.2) is 0 Å². The van der Waals surface area contributed by atoms with Crippen molar-refractivity contribution in [3.05, 3.63) is 21.9 Å². The molecule has 68 valence electrons. The molecule has 2 N–H and O–H groups in total. The average molecular weight is 183 g/mol. The first-order valence-electron chi connectivity index (χ1n) is 4.39. The largest absolute Gasteiger partial charge is 0.327 e. The van der Waals surface area contributed by atoms with E-state index in [1.54, 1.807) is 11.3 Å². The number of hydrogen-bond acceptors (Lipinski definition) is 2. The molecule has 1 aromatic heterocycles. The molecule has 0 aliphatic carbocycles. The van der Waals surface area contributed by atoms with Crippen LogP contribution in [0.1, 0.15) is 24.3 Å². The van der Waals surface area contributed by atoms with Crippen molar-refractivity contribution < 1.29 is 0 Å². The second kappa shape index (κ2) is 4.06. The summed E-state index contributed by atoms with van der Waals surface area (Å²) in [4.78, 5) is 1.38. The molecule has 1 nitrogen and oxygen atoms in total. The molecular weight excluding hydrogens is 166 g/mol. The molecule has 12 heavy (non-hydrogen) atoms. The van der Waals surface area contributed by atoms with Gasteiger partial charge >= 0.3 is 0 Å². The van der Waals surface area contributed by atoms with Crippen LogP contribution >= 0.6 is 11.3 Å². The summed E-state index contributed by atoms with van der Waals surface area (Å²) in [7, 11) is 0. The lowest BCUT2D eigenvalue weighted by Gasteiger charge is -2.13. The molecule has 0 spiro atoms. The topological polar surface area (TPSA) is 26.0 Å². The number of hydrogen-bond donors (Lipinski definition) is 1. The van der Waals surface area contributed by atoms with Crippen molar-refractivity contribution in [2.45, 2.75) is 33.2 Å². The molecule has 0 aliphatic rings. The molecule has 0 saturated carbocycles. The van der Waals surface area contributed by atoms with E-state index < -0.39 is 0 Å². The molecule has 1 rings (SSSR count). The lowest BCUT2D eigenvalue weighted by Crippen LogP contribution is -2.28. The van der Waals surface area contributed by atoms with Crippen LogP contribution in [0, 0.1) is 12.8 Å². The van der Waals surface area contributed by atoms with Crippen LogP contribution in [-0.2, 0) is 6.42 Å². The molecule has 0 radical (unpaired) electrons. The quantitative estimate of drug-likeness (QED) is 0.766. The zero-order chi connectivity index (χ0) is 9.14. The molecule has 0 amide bonds. The van der Waals surface area contributed by atoms with Gasteiger partial charge in [-0.15, -0.1) is 11.3 Å². The van der Waals surface area contributed by atoms with Crippen molar-refractivity contribution in [2.75, 3.05) is 0 Å². The highest BCUT2D eigenvalue weighted by Crippen LogP contribution is 2.16. The predicted molar refractivity (Wildman–Crippen MR) is 55.6 cm³/mol. The number of rotatable bonds is 3. The van der Waals surface area contributed by atoms with Gasteiger partial charge in [0, 0.05) is 10.9 Å². The number of aryl methyl sites for hydroxylation is 1. The zero-order valence-corrected chi connectivity index (χ0v) is 8.82. The summed E-state index contributed by atoms with van der Waals surface area (Å²) >= 11 is 1.80. The summed E-state index contributed by atoms with van der Waals surface area (Å²) in [5, 5.41) is 2.21. The van der Waals surface area contributed by atoms with Crippen LogP contribution in [0.15, 0.2) is 11.4 Å². The number of nitrogens with two attached hydrogens (primary N) is 1. The van der Waals surface area contributed by atoms with Crippen LogP contribution in [-0.4, -0.2) is 6.04 Å². The molecule has 1 unspecified atom stereocenters. The van der Waals surface area contributed by atoms with Crippen LogP contribution in [0.2, 0.25) is 0 Å². The molecule has 0 saturated heterocycles. The fourth-order valence-corrected chi connectivity index (χ4v) is 1.83. The Hall–Kier alpha value is -0.340. The summed E-state index contributed by atoms with van der Waals surface area (Å²) in [5.74, 6) is 0.574. The highest BCUT2D eigenvalue weighted by molar-refractivity contribution is 7.10. The molecule has 1 heterocycles. The van der Waals surface area contributed by atoms with E-state index in [-0.39, 0.29) is 0 Å². The van der Waals surface area contributed by atoms with Crippen LogP contribution in [0.3, 0.4) is 0 Å². The first-order valence-corrected chi connectivity index (χ1v) is 5.27. The Kier molecular flexibility index (Phi) is 3.29. The van der Waals surface area contributed by atoms with Crippen LogP contribution in [0.5, 0.6) is 0 Å². The second-order valence-corrected chi connectivity index (χ2v) is 4.79. The highest BCUT2D eigenvalue weighted by Gasteiger charge is 2.08. The van der Waals surface area contributed by atoms with E-state index in [4.69, 9.17) is 5.73 Å². The smallest absolute Gasteiger partial charge is 0.0103 e. The van der Waals surface area contributed by atoms with Crippen molar-refractivity contribution >= 4 is 11.3 Å². The summed E-state index contributed by atoms with van der Waals surface area (Å²) in [6.45, 7) is 6.48. The molecule has 2 heteroatoms. The Morgan fingerprint density at radius 1 is 1.50 bits per heavy atom.